The Morgan fingerprint density at radius 1 is 1.11 bits per heavy atom. The van der Waals surface area contributed by atoms with Gasteiger partial charge in [0.2, 0.25) is 5.95 Å². The Morgan fingerprint density at radius 3 is 2.31 bits per heavy atom. The number of aromatic amines is 1. The number of imidazole rings is 1. The van der Waals surface area contributed by atoms with E-state index in [9.17, 15) is 38.4 Å². The maximum absolute atomic E-state index is 12.6. The van der Waals surface area contributed by atoms with Crippen molar-refractivity contribution in [2.45, 2.75) is 24.6 Å². The SMILES string of the molecule is COP(=O)(O[C@H]1O[C@@H](c2cn(-c3nccn3C)c(=O)[nH]c2=O)[C@H](O)[C@@H]1O)OP(=O)(O)OP(=O)(O)O. The van der Waals surface area contributed by atoms with Gasteiger partial charge in [-0.2, -0.15) is 8.62 Å². The highest BCUT2D eigenvalue weighted by molar-refractivity contribution is 7.66. The second kappa shape index (κ2) is 9.91. The fourth-order valence-electron chi connectivity index (χ4n) is 2.92. The fourth-order valence-corrected chi connectivity index (χ4v) is 6.32. The number of aryl methyl sites for hydroxylation is 1. The summed E-state index contributed by atoms with van der Waals surface area (Å²) < 4.78 is 59.2. The number of phosphoric ester groups is 1. The van der Waals surface area contributed by atoms with Crippen molar-refractivity contribution in [2.24, 2.45) is 7.05 Å². The second-order valence-corrected chi connectivity index (χ2v) is 11.5. The van der Waals surface area contributed by atoms with Crippen LogP contribution >= 0.6 is 23.5 Å². The monoisotopic (exact) mass is 564 g/mol. The number of aromatic nitrogens is 4. The quantitative estimate of drug-likeness (QED) is 0.187. The lowest BCUT2D eigenvalue weighted by atomic mass is 10.1. The van der Waals surface area contributed by atoms with Crippen molar-refractivity contribution >= 4 is 23.5 Å². The van der Waals surface area contributed by atoms with Gasteiger partial charge in [-0.05, 0) is 0 Å². The van der Waals surface area contributed by atoms with Crippen LogP contribution in [0.15, 0.2) is 28.2 Å². The van der Waals surface area contributed by atoms with E-state index in [0.717, 1.165) is 10.8 Å². The third-order valence-electron chi connectivity index (χ3n) is 4.38. The lowest BCUT2D eigenvalue weighted by molar-refractivity contribution is -0.122. The average molecular weight is 564 g/mol. The molecule has 196 valence electrons. The van der Waals surface area contributed by atoms with Crippen LogP contribution in [0.4, 0.5) is 0 Å². The standard InChI is InChI=1S/C13H19N4O15P3/c1-16-4-3-14-12(16)17-5-6(10(20)15-13(17)21)9-7(18)8(19)11(29-9)30-35(27,28-2)32-34(25,26)31-33(22,23)24/h3-5,7-9,11,18-19H,1-2H3,(H,25,26)(H,15,20,21)(H2,22,23,24)/t7-,8+,9+,11-,35?/m1/s1. The van der Waals surface area contributed by atoms with Crippen LogP contribution in [-0.4, -0.2) is 69.6 Å². The van der Waals surface area contributed by atoms with Crippen molar-refractivity contribution in [3.63, 3.8) is 0 Å². The molecule has 3 heterocycles. The summed E-state index contributed by atoms with van der Waals surface area (Å²) in [6, 6.07) is 0. The second-order valence-electron chi connectivity index (χ2n) is 6.82. The molecule has 0 amide bonds. The van der Waals surface area contributed by atoms with Gasteiger partial charge in [-0.15, -0.1) is 0 Å². The minimum absolute atomic E-state index is 0.0642. The minimum atomic E-state index is -5.75. The number of nitrogens with zero attached hydrogens (tertiary/aromatic N) is 3. The van der Waals surface area contributed by atoms with E-state index < -0.39 is 64.9 Å². The first-order valence-corrected chi connectivity index (χ1v) is 13.5. The summed E-state index contributed by atoms with van der Waals surface area (Å²) in [6.45, 7) is 0. The zero-order valence-electron chi connectivity index (χ0n) is 17.5. The molecule has 35 heavy (non-hydrogen) atoms. The maximum atomic E-state index is 12.6. The Labute approximate surface area is 193 Å². The van der Waals surface area contributed by atoms with Crippen molar-refractivity contribution in [2.75, 3.05) is 7.11 Å². The van der Waals surface area contributed by atoms with Crippen LogP contribution in [0.1, 0.15) is 11.7 Å². The summed E-state index contributed by atoms with van der Waals surface area (Å²) in [4.78, 5) is 57.2. The zero-order valence-corrected chi connectivity index (χ0v) is 20.2. The number of aliphatic hydroxyl groups is 2. The van der Waals surface area contributed by atoms with E-state index in [0.29, 0.717) is 7.11 Å². The molecule has 0 radical (unpaired) electrons. The molecule has 0 bridgehead atoms. The van der Waals surface area contributed by atoms with E-state index in [2.05, 4.69) is 18.1 Å². The molecule has 0 saturated carbocycles. The average Bonchev–Trinajstić information content (AvgIpc) is 3.24. The molecule has 2 aromatic rings. The summed E-state index contributed by atoms with van der Waals surface area (Å²) in [5.74, 6) is 0.0642. The maximum Gasteiger partial charge on any atom is 0.490 e. The van der Waals surface area contributed by atoms with Gasteiger partial charge in [0.05, 0.1) is 5.56 Å². The van der Waals surface area contributed by atoms with Gasteiger partial charge < -0.3 is 34.2 Å². The van der Waals surface area contributed by atoms with E-state index in [1.54, 1.807) is 7.05 Å². The third-order valence-corrected chi connectivity index (χ3v) is 8.59. The molecule has 19 nitrogen and oxygen atoms in total. The highest BCUT2D eigenvalue weighted by Crippen LogP contribution is 2.68. The molecule has 0 aliphatic carbocycles. The number of H-pyrrole nitrogens is 1. The summed E-state index contributed by atoms with van der Waals surface area (Å²) in [5.41, 5.74) is -2.33. The molecular weight excluding hydrogens is 545 g/mol. The van der Waals surface area contributed by atoms with Crippen LogP contribution in [0.3, 0.4) is 0 Å². The lowest BCUT2D eigenvalue weighted by Gasteiger charge is -2.22. The van der Waals surface area contributed by atoms with Crippen LogP contribution in [0, 0.1) is 0 Å². The number of aliphatic hydroxyl groups excluding tert-OH is 2. The predicted molar refractivity (Wildman–Crippen MR) is 109 cm³/mol. The van der Waals surface area contributed by atoms with Crippen molar-refractivity contribution < 1.29 is 61.0 Å². The van der Waals surface area contributed by atoms with Crippen molar-refractivity contribution in [1.82, 2.24) is 19.1 Å². The summed E-state index contributed by atoms with van der Waals surface area (Å²) in [7, 11) is -14.4. The number of hydrogen-bond acceptors (Lipinski definition) is 13. The van der Waals surface area contributed by atoms with Gasteiger partial charge in [0.1, 0.15) is 18.3 Å². The molecule has 3 rings (SSSR count). The molecule has 1 fully saturated rings. The van der Waals surface area contributed by atoms with E-state index in [1.165, 1.54) is 17.0 Å². The first kappa shape index (κ1) is 27.8. The van der Waals surface area contributed by atoms with Gasteiger partial charge in [0.15, 0.2) is 6.29 Å². The number of ether oxygens (including phenoxy) is 1. The zero-order chi connectivity index (χ0) is 26.3. The molecule has 1 aliphatic heterocycles. The molecule has 6 N–H and O–H groups in total. The Balaban J connectivity index is 1.89. The van der Waals surface area contributed by atoms with Gasteiger partial charge in [-0.25, -0.2) is 28.0 Å². The van der Waals surface area contributed by atoms with Crippen LogP contribution < -0.4 is 11.2 Å². The Kier molecular flexibility index (Phi) is 7.86. The molecule has 1 saturated heterocycles. The molecule has 0 aromatic carbocycles. The van der Waals surface area contributed by atoms with Crippen molar-refractivity contribution in [3.05, 3.63) is 45.0 Å². The Hall–Kier alpha value is -1.82. The molecule has 1 aliphatic rings. The van der Waals surface area contributed by atoms with Gasteiger partial charge in [-0.3, -0.25) is 18.8 Å². The third kappa shape index (κ3) is 6.31. The van der Waals surface area contributed by atoms with Crippen molar-refractivity contribution in [3.8, 4) is 5.95 Å². The normalized spacial score (nSPS) is 26.4. The van der Waals surface area contributed by atoms with Gasteiger partial charge in [-0.1, -0.05) is 0 Å². The smallest absolute Gasteiger partial charge is 0.387 e. The van der Waals surface area contributed by atoms with Gasteiger partial charge in [0.25, 0.3) is 5.56 Å². The van der Waals surface area contributed by atoms with E-state index in [4.69, 9.17) is 19.0 Å². The molecular formula is C13H19N4O15P3. The van der Waals surface area contributed by atoms with Crippen LogP contribution in [0.25, 0.3) is 5.95 Å². The molecule has 2 aromatic heterocycles. The summed E-state index contributed by atoms with van der Waals surface area (Å²) in [6.07, 6.45) is -4.02. The highest BCUT2D eigenvalue weighted by Gasteiger charge is 2.51. The summed E-state index contributed by atoms with van der Waals surface area (Å²) in [5, 5.41) is 20.6. The molecule has 6 atom stereocenters. The first-order chi connectivity index (χ1) is 16.1. The Morgan fingerprint density at radius 2 is 1.77 bits per heavy atom. The highest BCUT2D eigenvalue weighted by atomic mass is 31.3. The number of phosphoric acid groups is 3. The topological polar surface area (TPSA) is 271 Å². The number of rotatable bonds is 9. The minimum Gasteiger partial charge on any atom is -0.387 e. The van der Waals surface area contributed by atoms with Gasteiger partial charge in [0, 0.05) is 32.7 Å². The summed E-state index contributed by atoms with van der Waals surface area (Å²) >= 11 is 0. The first-order valence-electron chi connectivity index (χ1n) is 9.06. The number of hydrogen-bond donors (Lipinski definition) is 6. The fraction of sp³-hybridized carbons (Fsp3) is 0.462. The van der Waals surface area contributed by atoms with E-state index >= 15 is 0 Å². The lowest BCUT2D eigenvalue weighted by Crippen LogP contribution is -2.36. The van der Waals surface area contributed by atoms with Crippen LogP contribution in [0.5, 0.6) is 0 Å². The van der Waals surface area contributed by atoms with Crippen LogP contribution in [-0.2, 0) is 43.1 Å². The molecule has 2 unspecified atom stereocenters. The van der Waals surface area contributed by atoms with Crippen LogP contribution in [0.2, 0.25) is 0 Å². The van der Waals surface area contributed by atoms with E-state index in [1.807, 2.05) is 4.98 Å². The van der Waals surface area contributed by atoms with Gasteiger partial charge >= 0.3 is 29.2 Å². The largest absolute Gasteiger partial charge is 0.490 e. The number of nitrogens with one attached hydrogen (secondary N) is 1. The van der Waals surface area contributed by atoms with Crippen molar-refractivity contribution in [1.29, 1.82) is 0 Å². The predicted octanol–water partition coefficient (Wildman–Crippen LogP) is -1.62. The Bertz CT molecular complexity index is 1350. The molecule has 0 spiro atoms. The van der Waals surface area contributed by atoms with E-state index in [-0.39, 0.29) is 5.95 Å². The molecule has 22 heteroatoms.